The molecule has 0 N–H and O–H groups in total. The zero-order chi connectivity index (χ0) is 16.3. The highest BCUT2D eigenvalue weighted by molar-refractivity contribution is 5.78. The maximum atomic E-state index is 13.7. The first-order chi connectivity index (χ1) is 11.1. The topological polar surface area (TPSA) is 38.8 Å². The van der Waals surface area contributed by atoms with Crippen LogP contribution in [0.1, 0.15) is 24.8 Å². The molecule has 4 nitrogen and oxygen atoms in total. The molecule has 1 aromatic rings. The molecule has 0 aromatic heterocycles. The second-order valence-corrected chi connectivity index (χ2v) is 6.74. The SMILES string of the molecule is COC[C@@H]1CC2(CCN(C(=O)Cc3ccccc3F)CC2)CO1. The van der Waals surface area contributed by atoms with E-state index in [-0.39, 0.29) is 29.7 Å². The fourth-order valence-corrected chi connectivity index (χ4v) is 3.68. The smallest absolute Gasteiger partial charge is 0.227 e. The van der Waals surface area contributed by atoms with E-state index in [4.69, 9.17) is 9.47 Å². The molecule has 2 aliphatic rings. The first-order valence-electron chi connectivity index (χ1n) is 8.24. The molecule has 0 unspecified atom stereocenters. The number of carbonyl (C=O) groups is 1. The van der Waals surface area contributed by atoms with Crippen LogP contribution in [0.4, 0.5) is 4.39 Å². The Kier molecular flexibility index (Phi) is 4.97. The van der Waals surface area contributed by atoms with Gasteiger partial charge in [-0.1, -0.05) is 18.2 Å². The first kappa shape index (κ1) is 16.4. The zero-order valence-corrected chi connectivity index (χ0v) is 13.6. The summed E-state index contributed by atoms with van der Waals surface area (Å²) in [4.78, 5) is 14.3. The molecule has 1 atom stereocenters. The number of carbonyl (C=O) groups excluding carboxylic acids is 1. The fourth-order valence-electron chi connectivity index (χ4n) is 3.68. The lowest BCUT2D eigenvalue weighted by molar-refractivity contribution is -0.132. The van der Waals surface area contributed by atoms with Crippen molar-refractivity contribution in [3.05, 3.63) is 35.6 Å². The standard InChI is InChI=1S/C18H24FNO3/c1-22-12-15-11-18(13-23-15)6-8-20(9-7-18)17(21)10-14-4-2-3-5-16(14)19/h2-5,15H,6-13H2,1H3/t15-/m0/s1. The van der Waals surface area contributed by atoms with E-state index in [0.717, 1.165) is 39.0 Å². The van der Waals surface area contributed by atoms with Crippen molar-refractivity contribution < 1.29 is 18.7 Å². The first-order valence-corrected chi connectivity index (χ1v) is 8.24. The maximum absolute atomic E-state index is 13.7. The van der Waals surface area contributed by atoms with Gasteiger partial charge in [0.25, 0.3) is 0 Å². The van der Waals surface area contributed by atoms with Crippen LogP contribution in [0.15, 0.2) is 24.3 Å². The van der Waals surface area contributed by atoms with E-state index in [1.165, 1.54) is 6.07 Å². The average Bonchev–Trinajstić information content (AvgIpc) is 2.93. The van der Waals surface area contributed by atoms with Crippen molar-refractivity contribution in [1.82, 2.24) is 4.90 Å². The molecule has 0 radical (unpaired) electrons. The summed E-state index contributed by atoms with van der Waals surface area (Å²) in [7, 11) is 1.69. The number of halogens is 1. The van der Waals surface area contributed by atoms with Gasteiger partial charge in [0.2, 0.25) is 5.91 Å². The Morgan fingerprint density at radius 3 is 2.83 bits per heavy atom. The van der Waals surface area contributed by atoms with Gasteiger partial charge in [-0.15, -0.1) is 0 Å². The van der Waals surface area contributed by atoms with Gasteiger partial charge in [0.1, 0.15) is 5.82 Å². The normalized spacial score (nSPS) is 23.4. The highest BCUT2D eigenvalue weighted by atomic mass is 19.1. The minimum absolute atomic E-state index is 0.0114. The molecule has 23 heavy (non-hydrogen) atoms. The molecule has 2 aliphatic heterocycles. The Morgan fingerprint density at radius 1 is 1.39 bits per heavy atom. The summed E-state index contributed by atoms with van der Waals surface area (Å²) in [6.07, 6.45) is 3.24. The van der Waals surface area contributed by atoms with Gasteiger partial charge >= 0.3 is 0 Å². The molecule has 1 spiro atoms. The van der Waals surface area contributed by atoms with Gasteiger partial charge in [-0.05, 0) is 36.3 Å². The third-order valence-electron chi connectivity index (χ3n) is 5.11. The van der Waals surface area contributed by atoms with E-state index >= 15 is 0 Å². The van der Waals surface area contributed by atoms with Crippen molar-refractivity contribution in [2.75, 3.05) is 33.4 Å². The number of nitrogens with zero attached hydrogens (tertiary/aromatic N) is 1. The number of rotatable bonds is 4. The number of piperidine rings is 1. The number of hydrogen-bond acceptors (Lipinski definition) is 3. The minimum Gasteiger partial charge on any atom is -0.382 e. The molecule has 0 bridgehead atoms. The van der Waals surface area contributed by atoms with Crippen molar-refractivity contribution in [2.24, 2.45) is 5.41 Å². The molecule has 1 amide bonds. The van der Waals surface area contributed by atoms with Gasteiger partial charge in [0.15, 0.2) is 0 Å². The predicted octanol–water partition coefficient (Wildman–Crippen LogP) is 2.41. The molecule has 5 heteroatoms. The molecule has 1 aromatic carbocycles. The lowest BCUT2D eigenvalue weighted by Crippen LogP contribution is -2.44. The highest BCUT2D eigenvalue weighted by Crippen LogP contribution is 2.42. The Balaban J connectivity index is 1.53. The molecular formula is C18H24FNO3. The van der Waals surface area contributed by atoms with Gasteiger partial charge < -0.3 is 14.4 Å². The van der Waals surface area contributed by atoms with Crippen LogP contribution < -0.4 is 0 Å². The number of amides is 1. The van der Waals surface area contributed by atoms with Crippen molar-refractivity contribution in [2.45, 2.75) is 31.8 Å². The van der Waals surface area contributed by atoms with Gasteiger partial charge in [-0.2, -0.15) is 0 Å². The van der Waals surface area contributed by atoms with Crippen molar-refractivity contribution in [1.29, 1.82) is 0 Å². The van der Waals surface area contributed by atoms with E-state index in [2.05, 4.69) is 0 Å². The van der Waals surface area contributed by atoms with Crippen LogP contribution in [-0.2, 0) is 20.7 Å². The summed E-state index contributed by atoms with van der Waals surface area (Å²) in [6.45, 7) is 2.86. The summed E-state index contributed by atoms with van der Waals surface area (Å²) >= 11 is 0. The minimum atomic E-state index is -0.305. The zero-order valence-electron chi connectivity index (χ0n) is 13.6. The van der Waals surface area contributed by atoms with Crippen LogP contribution in [0.2, 0.25) is 0 Å². The van der Waals surface area contributed by atoms with Crippen molar-refractivity contribution in [3.8, 4) is 0 Å². The van der Waals surface area contributed by atoms with Gasteiger partial charge in [-0.3, -0.25) is 4.79 Å². The Hall–Kier alpha value is -1.46. The molecule has 0 aliphatic carbocycles. The van der Waals surface area contributed by atoms with Crippen LogP contribution in [-0.4, -0.2) is 50.3 Å². The molecule has 126 valence electrons. The summed E-state index contributed by atoms with van der Waals surface area (Å²) < 4.78 is 24.7. The Morgan fingerprint density at radius 2 is 2.13 bits per heavy atom. The van der Waals surface area contributed by atoms with E-state index in [9.17, 15) is 9.18 Å². The number of ether oxygens (including phenoxy) is 2. The molecule has 2 saturated heterocycles. The second kappa shape index (κ2) is 6.97. The van der Waals surface area contributed by atoms with Crippen LogP contribution in [0.5, 0.6) is 0 Å². The summed E-state index contributed by atoms with van der Waals surface area (Å²) in [5, 5.41) is 0. The quantitative estimate of drug-likeness (QED) is 0.855. The van der Waals surface area contributed by atoms with Crippen LogP contribution in [0.3, 0.4) is 0 Å². The van der Waals surface area contributed by atoms with Gasteiger partial charge in [0, 0.05) is 20.2 Å². The Bertz CT molecular complexity index is 555. The number of likely N-dealkylation sites (tertiary alicyclic amines) is 1. The largest absolute Gasteiger partial charge is 0.382 e. The van der Waals surface area contributed by atoms with Gasteiger partial charge in [-0.25, -0.2) is 4.39 Å². The number of methoxy groups -OCH3 is 1. The highest BCUT2D eigenvalue weighted by Gasteiger charge is 2.42. The monoisotopic (exact) mass is 321 g/mol. The van der Waals surface area contributed by atoms with E-state index in [0.29, 0.717) is 12.2 Å². The van der Waals surface area contributed by atoms with Crippen molar-refractivity contribution >= 4 is 5.91 Å². The molecule has 3 rings (SSSR count). The van der Waals surface area contributed by atoms with Crippen molar-refractivity contribution in [3.63, 3.8) is 0 Å². The number of hydrogen-bond donors (Lipinski definition) is 0. The van der Waals surface area contributed by atoms with E-state index in [1.807, 2.05) is 4.90 Å². The third kappa shape index (κ3) is 3.72. The molecule has 2 fully saturated rings. The van der Waals surface area contributed by atoms with Crippen LogP contribution in [0, 0.1) is 11.2 Å². The Labute approximate surface area is 136 Å². The summed E-state index contributed by atoms with van der Waals surface area (Å²) in [5.41, 5.74) is 0.667. The molecular weight excluding hydrogens is 297 g/mol. The second-order valence-electron chi connectivity index (χ2n) is 6.74. The van der Waals surface area contributed by atoms with E-state index < -0.39 is 0 Å². The average molecular weight is 321 g/mol. The van der Waals surface area contributed by atoms with Crippen LogP contribution in [0.25, 0.3) is 0 Å². The van der Waals surface area contributed by atoms with Gasteiger partial charge in [0.05, 0.1) is 25.7 Å². The molecule has 0 saturated carbocycles. The maximum Gasteiger partial charge on any atom is 0.227 e. The lowest BCUT2D eigenvalue weighted by Gasteiger charge is -2.38. The summed E-state index contributed by atoms with van der Waals surface area (Å²) in [6, 6.07) is 6.49. The fraction of sp³-hybridized carbons (Fsp3) is 0.611. The van der Waals surface area contributed by atoms with E-state index in [1.54, 1.807) is 25.3 Å². The lowest BCUT2D eigenvalue weighted by atomic mass is 9.76. The number of benzene rings is 1. The van der Waals surface area contributed by atoms with Crippen LogP contribution >= 0.6 is 0 Å². The molecule has 2 heterocycles. The summed E-state index contributed by atoms with van der Waals surface area (Å²) in [5.74, 6) is -0.293. The third-order valence-corrected chi connectivity index (χ3v) is 5.11. The predicted molar refractivity (Wildman–Crippen MR) is 84.6 cm³/mol.